The molecule has 116 valence electrons. The molecule has 0 aliphatic carbocycles. The molecule has 7 heteroatoms. The second kappa shape index (κ2) is 7.37. The Labute approximate surface area is 128 Å². The van der Waals surface area contributed by atoms with Crippen molar-refractivity contribution in [3.8, 4) is 5.75 Å². The van der Waals surface area contributed by atoms with Crippen molar-refractivity contribution < 1.29 is 9.66 Å². The van der Waals surface area contributed by atoms with Crippen molar-refractivity contribution in [2.24, 2.45) is 0 Å². The lowest BCUT2D eigenvalue weighted by Crippen LogP contribution is -2.27. The van der Waals surface area contributed by atoms with Gasteiger partial charge in [0.25, 0.3) is 0 Å². The van der Waals surface area contributed by atoms with Gasteiger partial charge >= 0.3 is 5.82 Å². The summed E-state index contributed by atoms with van der Waals surface area (Å²) in [6.07, 6.45) is 3.19. The van der Waals surface area contributed by atoms with Gasteiger partial charge in [-0.3, -0.25) is 4.90 Å². The van der Waals surface area contributed by atoms with Gasteiger partial charge < -0.3 is 14.9 Å². The van der Waals surface area contributed by atoms with Crippen LogP contribution in [0, 0.1) is 10.1 Å². The van der Waals surface area contributed by atoms with Gasteiger partial charge in [-0.1, -0.05) is 23.3 Å². The normalized spacial score (nSPS) is 10.6. The summed E-state index contributed by atoms with van der Waals surface area (Å²) in [4.78, 5) is 12.5. The number of nitrogens with zero attached hydrogens (tertiary/aromatic N) is 4. The lowest BCUT2D eigenvalue weighted by molar-refractivity contribution is -0.393. The molecule has 0 N–H and O–H groups in total. The molecule has 0 aliphatic rings. The van der Waals surface area contributed by atoms with Crippen LogP contribution in [0.4, 0.5) is 5.82 Å². The van der Waals surface area contributed by atoms with Crippen molar-refractivity contribution in [1.29, 1.82) is 0 Å². The Balaban J connectivity index is 2.10. The smallest absolute Gasteiger partial charge is 0.346 e. The molecule has 22 heavy (non-hydrogen) atoms. The highest BCUT2D eigenvalue weighted by Gasteiger charge is 2.17. The van der Waals surface area contributed by atoms with Gasteiger partial charge in [-0.05, 0) is 22.6 Å². The summed E-state index contributed by atoms with van der Waals surface area (Å²) in [6.45, 7) is 5.28. The number of hydrogen-bond donors (Lipinski definition) is 0. The summed E-state index contributed by atoms with van der Waals surface area (Å²) >= 11 is 0. The molecule has 0 fully saturated rings. The molecule has 7 nitrogen and oxygen atoms in total. The standard InChI is InChI=1S/C15H18N4O3/c1-3-10-17(11-13-4-6-14(22-2)7-5-13)12-18-15(19(20)21)8-9-16-18/h3-9H,1,10-12H2,2H3. The molecule has 0 spiro atoms. The van der Waals surface area contributed by atoms with Crippen molar-refractivity contribution in [2.75, 3.05) is 13.7 Å². The fourth-order valence-electron chi connectivity index (χ4n) is 2.12. The highest BCUT2D eigenvalue weighted by atomic mass is 16.6. The zero-order valence-electron chi connectivity index (χ0n) is 12.4. The number of benzene rings is 1. The second-order valence-corrected chi connectivity index (χ2v) is 4.74. The van der Waals surface area contributed by atoms with E-state index in [0.717, 1.165) is 11.3 Å². The van der Waals surface area contributed by atoms with E-state index in [4.69, 9.17) is 4.74 Å². The molecule has 1 aromatic carbocycles. The molecule has 0 saturated heterocycles. The van der Waals surface area contributed by atoms with E-state index in [0.29, 0.717) is 19.8 Å². The van der Waals surface area contributed by atoms with Crippen molar-refractivity contribution in [3.63, 3.8) is 0 Å². The van der Waals surface area contributed by atoms with Crippen LogP contribution >= 0.6 is 0 Å². The molecule has 1 aromatic heterocycles. The van der Waals surface area contributed by atoms with Gasteiger partial charge in [0.15, 0.2) is 6.67 Å². The minimum Gasteiger partial charge on any atom is -0.497 e. The number of nitro groups is 1. The highest BCUT2D eigenvalue weighted by molar-refractivity contribution is 5.27. The third-order valence-corrected chi connectivity index (χ3v) is 3.17. The lowest BCUT2D eigenvalue weighted by Gasteiger charge is -2.18. The number of ether oxygens (including phenoxy) is 1. The molecule has 0 radical (unpaired) electrons. The second-order valence-electron chi connectivity index (χ2n) is 4.74. The van der Waals surface area contributed by atoms with E-state index in [9.17, 15) is 10.1 Å². The molecular formula is C15H18N4O3. The number of hydrogen-bond acceptors (Lipinski definition) is 5. The predicted molar refractivity (Wildman–Crippen MR) is 82.5 cm³/mol. The largest absolute Gasteiger partial charge is 0.497 e. The van der Waals surface area contributed by atoms with E-state index >= 15 is 0 Å². The van der Waals surface area contributed by atoms with Crippen molar-refractivity contribution in [2.45, 2.75) is 13.2 Å². The SMILES string of the molecule is C=CCN(Cc1ccc(OC)cc1)Cn1nccc1[N+](=O)[O-]. The first kappa shape index (κ1) is 15.7. The summed E-state index contributed by atoms with van der Waals surface area (Å²) in [7, 11) is 1.62. The van der Waals surface area contributed by atoms with Gasteiger partial charge in [-0.15, -0.1) is 11.3 Å². The van der Waals surface area contributed by atoms with E-state index in [1.165, 1.54) is 16.9 Å². The minimum atomic E-state index is -0.438. The molecule has 0 amide bonds. The summed E-state index contributed by atoms with van der Waals surface area (Å²) in [5.74, 6) is 0.769. The van der Waals surface area contributed by atoms with Crippen molar-refractivity contribution in [1.82, 2.24) is 14.7 Å². The van der Waals surface area contributed by atoms with E-state index in [1.54, 1.807) is 13.2 Å². The first-order valence-electron chi connectivity index (χ1n) is 6.76. The van der Waals surface area contributed by atoms with Gasteiger partial charge in [0.2, 0.25) is 0 Å². The van der Waals surface area contributed by atoms with Crippen molar-refractivity contribution in [3.05, 3.63) is 64.9 Å². The monoisotopic (exact) mass is 302 g/mol. The molecule has 2 aromatic rings. The maximum Gasteiger partial charge on any atom is 0.346 e. The molecule has 0 aliphatic heterocycles. The Morgan fingerprint density at radius 2 is 2.14 bits per heavy atom. The van der Waals surface area contributed by atoms with Crippen LogP contribution in [0.5, 0.6) is 5.75 Å². The van der Waals surface area contributed by atoms with Crippen LogP contribution in [0.2, 0.25) is 0 Å². The summed E-state index contributed by atoms with van der Waals surface area (Å²) in [5.41, 5.74) is 1.08. The molecule has 0 atom stereocenters. The average Bonchev–Trinajstić information content (AvgIpc) is 2.96. The Morgan fingerprint density at radius 3 is 2.73 bits per heavy atom. The lowest BCUT2D eigenvalue weighted by atomic mass is 10.2. The molecule has 0 bridgehead atoms. The maximum atomic E-state index is 10.9. The van der Waals surface area contributed by atoms with E-state index in [2.05, 4.69) is 11.7 Å². The molecule has 2 rings (SSSR count). The fraction of sp³-hybridized carbons (Fsp3) is 0.267. The maximum absolute atomic E-state index is 10.9. The van der Waals surface area contributed by atoms with Gasteiger partial charge in [0.05, 0.1) is 19.4 Å². The third-order valence-electron chi connectivity index (χ3n) is 3.17. The first-order valence-corrected chi connectivity index (χ1v) is 6.76. The van der Waals surface area contributed by atoms with Crippen LogP contribution in [0.1, 0.15) is 5.56 Å². The molecule has 1 heterocycles. The van der Waals surface area contributed by atoms with Crippen LogP contribution in [0.3, 0.4) is 0 Å². The Kier molecular flexibility index (Phi) is 5.26. The summed E-state index contributed by atoms with van der Waals surface area (Å²) in [5, 5.41) is 15.0. The zero-order chi connectivity index (χ0) is 15.9. The molecule has 0 saturated carbocycles. The van der Waals surface area contributed by atoms with Crippen LogP contribution in [0.15, 0.2) is 49.2 Å². The van der Waals surface area contributed by atoms with Gasteiger partial charge in [-0.2, -0.15) is 0 Å². The quantitative estimate of drug-likeness (QED) is 0.425. The predicted octanol–water partition coefficient (Wildman–Crippen LogP) is 2.45. The highest BCUT2D eigenvalue weighted by Crippen LogP contribution is 2.15. The van der Waals surface area contributed by atoms with E-state index in [-0.39, 0.29) is 5.82 Å². The van der Waals surface area contributed by atoms with Gasteiger partial charge in [0, 0.05) is 13.1 Å². The van der Waals surface area contributed by atoms with Crippen LogP contribution in [0.25, 0.3) is 0 Å². The number of aromatic nitrogens is 2. The minimum absolute atomic E-state index is 0.0243. The van der Waals surface area contributed by atoms with Crippen LogP contribution in [-0.2, 0) is 13.2 Å². The van der Waals surface area contributed by atoms with E-state index in [1.807, 2.05) is 29.2 Å². The van der Waals surface area contributed by atoms with Crippen molar-refractivity contribution >= 4 is 5.82 Å². The number of methoxy groups -OCH3 is 1. The van der Waals surface area contributed by atoms with Gasteiger partial charge in [0.1, 0.15) is 5.75 Å². The molecular weight excluding hydrogens is 284 g/mol. The Bertz CT molecular complexity index is 636. The Hall–Kier alpha value is -2.67. The summed E-state index contributed by atoms with van der Waals surface area (Å²) in [6, 6.07) is 9.09. The summed E-state index contributed by atoms with van der Waals surface area (Å²) < 4.78 is 6.50. The first-order chi connectivity index (χ1) is 10.6. The van der Waals surface area contributed by atoms with E-state index < -0.39 is 4.92 Å². The van der Waals surface area contributed by atoms with Crippen LogP contribution in [-0.4, -0.2) is 33.3 Å². The van der Waals surface area contributed by atoms with Crippen LogP contribution < -0.4 is 4.74 Å². The topological polar surface area (TPSA) is 73.4 Å². The zero-order valence-corrected chi connectivity index (χ0v) is 12.4. The number of rotatable bonds is 8. The average molecular weight is 302 g/mol. The third kappa shape index (κ3) is 3.92. The van der Waals surface area contributed by atoms with Gasteiger partial charge in [-0.25, -0.2) is 0 Å². The molecule has 0 unspecified atom stereocenters. The Morgan fingerprint density at radius 1 is 1.41 bits per heavy atom. The fourth-order valence-corrected chi connectivity index (χ4v) is 2.12.